The third-order valence-electron chi connectivity index (χ3n) is 3.91. The number of hydrogen-bond acceptors (Lipinski definition) is 6. The van der Waals surface area contributed by atoms with E-state index in [-0.39, 0.29) is 6.42 Å². The predicted octanol–water partition coefficient (Wildman–Crippen LogP) is -0.259. The molecule has 0 heterocycles. The number of hydrogen-bond donors (Lipinski definition) is 6. The Labute approximate surface area is 160 Å². The van der Waals surface area contributed by atoms with Crippen LogP contribution < -0.4 is 16.4 Å². The highest BCUT2D eigenvalue weighted by Gasteiger charge is 2.32. The van der Waals surface area contributed by atoms with Gasteiger partial charge >= 0.3 is 5.97 Å². The van der Waals surface area contributed by atoms with Crippen molar-refractivity contribution in [2.45, 2.75) is 24.7 Å². The molecule has 0 radical (unpaired) electrons. The third-order valence-corrected chi connectivity index (χ3v) is 3.91. The lowest BCUT2D eigenvalue weighted by atomic mass is 10.0. The number of carbonyl (C=O) groups excluding carboxylic acids is 2. The van der Waals surface area contributed by atoms with Crippen LogP contribution in [-0.4, -0.2) is 51.4 Å². The van der Waals surface area contributed by atoms with Gasteiger partial charge in [0.2, 0.25) is 5.91 Å². The number of amides is 2. The molecular formula is C19H21N3O6. The van der Waals surface area contributed by atoms with Gasteiger partial charge in [-0.05, 0) is 29.8 Å². The van der Waals surface area contributed by atoms with Crippen molar-refractivity contribution in [1.29, 1.82) is 0 Å². The number of carboxylic acids is 1. The summed E-state index contributed by atoms with van der Waals surface area (Å²) in [6.45, 7) is 0. The fourth-order valence-electron chi connectivity index (χ4n) is 2.39. The Balaban J connectivity index is 2.16. The highest BCUT2D eigenvalue weighted by Crippen LogP contribution is 2.12. The summed E-state index contributed by atoms with van der Waals surface area (Å²) in [6.07, 6.45) is -4.44. The summed E-state index contributed by atoms with van der Waals surface area (Å²) < 4.78 is 0. The average Bonchev–Trinajstić information content (AvgIpc) is 2.68. The van der Waals surface area contributed by atoms with Crippen molar-refractivity contribution in [2.24, 2.45) is 0 Å². The first-order valence-electron chi connectivity index (χ1n) is 8.37. The molecule has 2 amide bonds. The number of aliphatic hydroxyl groups is 2. The van der Waals surface area contributed by atoms with Crippen LogP contribution in [0.5, 0.6) is 0 Å². The number of nitrogen functional groups attached to an aromatic ring is 1. The number of carbonyl (C=O) groups is 3. The van der Waals surface area contributed by atoms with Crippen molar-refractivity contribution < 1.29 is 29.7 Å². The molecule has 0 aliphatic carbocycles. The molecule has 28 heavy (non-hydrogen) atoms. The quantitative estimate of drug-likeness (QED) is 0.340. The second kappa shape index (κ2) is 9.49. The molecule has 0 fully saturated rings. The van der Waals surface area contributed by atoms with E-state index in [1.807, 2.05) is 0 Å². The highest BCUT2D eigenvalue weighted by molar-refractivity contribution is 5.98. The summed E-state index contributed by atoms with van der Waals surface area (Å²) in [7, 11) is 0. The molecule has 9 nitrogen and oxygen atoms in total. The molecule has 7 N–H and O–H groups in total. The van der Waals surface area contributed by atoms with Gasteiger partial charge in [-0.25, -0.2) is 4.79 Å². The molecule has 3 atom stereocenters. The maximum atomic E-state index is 12.6. The number of anilines is 2. The molecule has 0 saturated heterocycles. The fourth-order valence-corrected chi connectivity index (χ4v) is 2.39. The summed E-state index contributed by atoms with van der Waals surface area (Å²) in [6, 6.07) is 14.0. The van der Waals surface area contributed by atoms with Crippen LogP contribution in [0.25, 0.3) is 0 Å². The number of carboxylic acid groups (broad SMARTS) is 1. The van der Waals surface area contributed by atoms with E-state index in [0.29, 0.717) is 11.4 Å². The van der Waals surface area contributed by atoms with Crippen LogP contribution in [0, 0.1) is 0 Å². The first-order chi connectivity index (χ1) is 13.3. The second-order valence-corrected chi connectivity index (χ2v) is 6.09. The van der Waals surface area contributed by atoms with Gasteiger partial charge in [0.25, 0.3) is 5.91 Å². The smallest absolute Gasteiger partial charge is 0.335 e. The van der Waals surface area contributed by atoms with Crippen molar-refractivity contribution >= 4 is 29.2 Å². The zero-order valence-electron chi connectivity index (χ0n) is 14.8. The van der Waals surface area contributed by atoms with Crippen LogP contribution in [0.3, 0.4) is 0 Å². The van der Waals surface area contributed by atoms with E-state index in [4.69, 9.17) is 10.8 Å². The molecule has 0 saturated carbocycles. The maximum Gasteiger partial charge on any atom is 0.335 e. The molecule has 0 aromatic heterocycles. The van der Waals surface area contributed by atoms with Crippen molar-refractivity contribution in [2.75, 3.05) is 11.1 Å². The Hall–Kier alpha value is -3.43. The number of nitrogens with one attached hydrogen (secondary N) is 2. The Morgan fingerprint density at radius 3 is 2.07 bits per heavy atom. The summed E-state index contributed by atoms with van der Waals surface area (Å²) in [5.74, 6) is -3.52. The standard InChI is InChI=1S/C19H21N3O6/c20-12-6-8-13(9-7-12)21-17(25)14(10-11-4-2-1-3-5-11)22-18(26)15(23)16(24)19(27)28/h1-9,14-16,23-24H,10,20H2,(H,21,25)(H,22,26)(H,27,28)/t14-,15+,16+/m0/s1. The van der Waals surface area contributed by atoms with Gasteiger partial charge in [0.15, 0.2) is 12.2 Å². The third kappa shape index (κ3) is 5.79. The molecule has 148 valence electrons. The van der Waals surface area contributed by atoms with Crippen molar-refractivity contribution in [3.05, 3.63) is 60.2 Å². The lowest BCUT2D eigenvalue weighted by molar-refractivity contribution is -0.158. The van der Waals surface area contributed by atoms with Gasteiger partial charge in [-0.1, -0.05) is 30.3 Å². The number of aliphatic carboxylic acids is 1. The van der Waals surface area contributed by atoms with E-state index in [0.717, 1.165) is 5.56 Å². The molecule has 0 aliphatic rings. The summed E-state index contributed by atoms with van der Waals surface area (Å²) in [5, 5.41) is 32.6. The number of aliphatic hydroxyl groups excluding tert-OH is 2. The highest BCUT2D eigenvalue weighted by atomic mass is 16.4. The van der Waals surface area contributed by atoms with Crippen LogP contribution in [0.2, 0.25) is 0 Å². The molecule has 0 bridgehead atoms. The maximum absolute atomic E-state index is 12.6. The van der Waals surface area contributed by atoms with Gasteiger partial charge in [-0.2, -0.15) is 0 Å². The minimum absolute atomic E-state index is 0.0866. The minimum Gasteiger partial charge on any atom is -0.479 e. The summed E-state index contributed by atoms with van der Waals surface area (Å²) >= 11 is 0. The molecule has 2 aromatic rings. The molecule has 2 rings (SSSR count). The average molecular weight is 387 g/mol. The summed E-state index contributed by atoms with van der Waals surface area (Å²) in [5.41, 5.74) is 7.29. The van der Waals surface area contributed by atoms with Crippen LogP contribution in [0.15, 0.2) is 54.6 Å². The van der Waals surface area contributed by atoms with Gasteiger partial charge in [0, 0.05) is 17.8 Å². The number of benzene rings is 2. The van der Waals surface area contributed by atoms with E-state index in [2.05, 4.69) is 10.6 Å². The van der Waals surface area contributed by atoms with Gasteiger partial charge in [0.05, 0.1) is 0 Å². The Morgan fingerprint density at radius 1 is 0.893 bits per heavy atom. The van der Waals surface area contributed by atoms with Crippen LogP contribution in [0.4, 0.5) is 11.4 Å². The van der Waals surface area contributed by atoms with Crippen LogP contribution in [0.1, 0.15) is 5.56 Å². The molecule has 9 heteroatoms. The van der Waals surface area contributed by atoms with E-state index in [1.54, 1.807) is 54.6 Å². The molecule has 2 aromatic carbocycles. The molecule has 0 unspecified atom stereocenters. The zero-order chi connectivity index (χ0) is 20.7. The Morgan fingerprint density at radius 2 is 1.50 bits per heavy atom. The Kier molecular flexibility index (Phi) is 7.08. The second-order valence-electron chi connectivity index (χ2n) is 6.09. The van der Waals surface area contributed by atoms with Crippen LogP contribution in [-0.2, 0) is 20.8 Å². The van der Waals surface area contributed by atoms with Crippen LogP contribution >= 0.6 is 0 Å². The van der Waals surface area contributed by atoms with Gasteiger partial charge in [-0.3, -0.25) is 9.59 Å². The predicted molar refractivity (Wildman–Crippen MR) is 101 cm³/mol. The van der Waals surface area contributed by atoms with E-state index in [9.17, 15) is 24.6 Å². The topological polar surface area (TPSA) is 162 Å². The van der Waals surface area contributed by atoms with E-state index in [1.165, 1.54) is 0 Å². The molecule has 0 spiro atoms. The zero-order valence-corrected chi connectivity index (χ0v) is 14.8. The first-order valence-corrected chi connectivity index (χ1v) is 8.37. The minimum atomic E-state index is -2.31. The molecular weight excluding hydrogens is 366 g/mol. The van der Waals surface area contributed by atoms with Gasteiger partial charge in [0.1, 0.15) is 6.04 Å². The van der Waals surface area contributed by atoms with Crippen molar-refractivity contribution in [1.82, 2.24) is 5.32 Å². The molecule has 0 aliphatic heterocycles. The lowest BCUT2D eigenvalue weighted by Gasteiger charge is -2.21. The lowest BCUT2D eigenvalue weighted by Crippen LogP contribution is -2.52. The summed E-state index contributed by atoms with van der Waals surface area (Å²) in [4.78, 5) is 35.5. The normalized spacial score (nSPS) is 13.8. The monoisotopic (exact) mass is 387 g/mol. The van der Waals surface area contributed by atoms with Gasteiger partial charge in [-0.15, -0.1) is 0 Å². The van der Waals surface area contributed by atoms with E-state index < -0.39 is 36.0 Å². The number of nitrogens with two attached hydrogens (primary N) is 1. The van der Waals surface area contributed by atoms with Crippen molar-refractivity contribution in [3.63, 3.8) is 0 Å². The number of rotatable bonds is 8. The van der Waals surface area contributed by atoms with E-state index >= 15 is 0 Å². The van der Waals surface area contributed by atoms with Gasteiger partial charge < -0.3 is 31.7 Å². The fraction of sp³-hybridized carbons (Fsp3) is 0.211. The SMILES string of the molecule is Nc1ccc(NC(=O)[C@H](Cc2ccccc2)NC(=O)[C@H](O)[C@@H](O)C(=O)O)cc1. The Bertz CT molecular complexity index is 825. The first kappa shape index (κ1) is 20.9. The largest absolute Gasteiger partial charge is 0.479 e. The van der Waals surface area contributed by atoms with Crippen molar-refractivity contribution in [3.8, 4) is 0 Å².